The summed E-state index contributed by atoms with van der Waals surface area (Å²) in [6, 6.07) is 24.0. The molecule has 0 N–H and O–H groups in total. The van der Waals surface area contributed by atoms with Crippen molar-refractivity contribution in [1.29, 1.82) is 5.26 Å². The van der Waals surface area contributed by atoms with Gasteiger partial charge in [-0.3, -0.25) is 9.36 Å². The van der Waals surface area contributed by atoms with Crippen molar-refractivity contribution in [3.8, 4) is 17.6 Å². The molecule has 6 rings (SSSR count). The second kappa shape index (κ2) is 13.9. The van der Waals surface area contributed by atoms with Gasteiger partial charge < -0.3 is 14.2 Å². The first-order valence-corrected chi connectivity index (χ1v) is 17.3. The van der Waals surface area contributed by atoms with Crippen molar-refractivity contribution in [1.82, 2.24) is 4.57 Å². The van der Waals surface area contributed by atoms with Crippen LogP contribution in [-0.2, 0) is 16.1 Å². The van der Waals surface area contributed by atoms with Crippen molar-refractivity contribution in [2.45, 2.75) is 26.5 Å². The van der Waals surface area contributed by atoms with Gasteiger partial charge in [-0.15, -0.1) is 0 Å². The van der Waals surface area contributed by atoms with Gasteiger partial charge >= 0.3 is 5.97 Å². The maximum atomic E-state index is 14.3. The van der Waals surface area contributed by atoms with Crippen LogP contribution < -0.4 is 24.4 Å². The van der Waals surface area contributed by atoms with Gasteiger partial charge in [0.1, 0.15) is 24.1 Å². The number of benzene rings is 4. The molecular weight excluding hydrogens is 793 g/mol. The molecule has 0 radical (unpaired) electrons. The molecule has 0 saturated heterocycles. The van der Waals surface area contributed by atoms with Crippen molar-refractivity contribution >= 4 is 72.7 Å². The lowest BCUT2D eigenvalue weighted by molar-refractivity contribution is -0.139. The molecule has 1 unspecified atom stereocenters. The number of methoxy groups -OCH3 is 1. The zero-order valence-corrected chi connectivity index (χ0v) is 30.1. The summed E-state index contributed by atoms with van der Waals surface area (Å²) in [5.74, 6) is 0.694. The highest BCUT2D eigenvalue weighted by Crippen LogP contribution is 2.40. The number of thiazole rings is 1. The first-order chi connectivity index (χ1) is 22.7. The van der Waals surface area contributed by atoms with Crippen molar-refractivity contribution < 1.29 is 19.0 Å². The number of hydrogen-bond donors (Lipinski definition) is 0. The molecule has 0 spiro atoms. The van der Waals surface area contributed by atoms with E-state index < -0.39 is 12.0 Å². The van der Waals surface area contributed by atoms with Gasteiger partial charge in [0.25, 0.3) is 5.56 Å². The van der Waals surface area contributed by atoms with E-state index in [0.29, 0.717) is 49.8 Å². The van der Waals surface area contributed by atoms with Gasteiger partial charge in [-0.05, 0) is 111 Å². The number of rotatable bonds is 8. The Labute approximate surface area is 296 Å². The molecule has 8 nitrogen and oxygen atoms in total. The Kier molecular flexibility index (Phi) is 9.63. The van der Waals surface area contributed by atoms with Gasteiger partial charge in [0.05, 0.1) is 49.2 Å². The third kappa shape index (κ3) is 6.37. The summed E-state index contributed by atoms with van der Waals surface area (Å²) in [5, 5.41) is 10.9. The summed E-state index contributed by atoms with van der Waals surface area (Å²) < 4.78 is 21.1. The standard InChI is InChI=1S/C36H27BrIN3O5S/c1-4-45-35(43)30-20(2)40-36-41(32(30)31-25-8-6-5-7-24(25)13-14-28(31)44-3)34(42)29(47-36)17-23-15-26(37)33(27(38)16-23)46-19-22-11-9-21(18-39)10-12-22/h5-17,32H,4,19H2,1-3H3. The van der Waals surface area contributed by atoms with Gasteiger partial charge in [-0.1, -0.05) is 53.8 Å². The zero-order chi connectivity index (χ0) is 33.2. The van der Waals surface area contributed by atoms with Crippen LogP contribution in [0.1, 0.15) is 42.1 Å². The number of allylic oxidation sites excluding steroid dienone is 1. The maximum Gasteiger partial charge on any atom is 0.338 e. The predicted molar refractivity (Wildman–Crippen MR) is 193 cm³/mol. The minimum Gasteiger partial charge on any atom is -0.496 e. The Balaban J connectivity index is 1.46. The van der Waals surface area contributed by atoms with Crippen molar-refractivity contribution in [2.24, 2.45) is 4.99 Å². The monoisotopic (exact) mass is 819 g/mol. The van der Waals surface area contributed by atoms with Gasteiger partial charge in [0.2, 0.25) is 0 Å². The molecule has 1 aromatic heterocycles. The van der Waals surface area contributed by atoms with Crippen LogP contribution in [0.15, 0.2) is 98.3 Å². The molecule has 5 aromatic rings. The number of aromatic nitrogens is 1. The molecule has 0 aliphatic carbocycles. The van der Waals surface area contributed by atoms with Gasteiger partial charge in [-0.2, -0.15) is 5.26 Å². The molecule has 1 aliphatic heterocycles. The average Bonchev–Trinajstić information content (AvgIpc) is 3.37. The van der Waals surface area contributed by atoms with Crippen LogP contribution in [0.2, 0.25) is 0 Å². The molecule has 0 bridgehead atoms. The molecular formula is C36H27BrIN3O5S. The van der Waals surface area contributed by atoms with Crippen LogP contribution in [-0.4, -0.2) is 24.3 Å². The SMILES string of the molecule is CCOC(=O)C1=C(C)N=c2sc(=Cc3cc(Br)c(OCc4ccc(C#N)cc4)c(I)c3)c(=O)n2C1c1c(OC)ccc2ccccc12. The Morgan fingerprint density at radius 1 is 1.15 bits per heavy atom. The van der Waals surface area contributed by atoms with Gasteiger partial charge in [0.15, 0.2) is 4.80 Å². The van der Waals surface area contributed by atoms with Crippen molar-refractivity contribution in [3.63, 3.8) is 0 Å². The lowest BCUT2D eigenvalue weighted by atomic mass is 9.90. The summed E-state index contributed by atoms with van der Waals surface area (Å²) in [6.45, 7) is 4.03. The number of nitrogens with zero attached hydrogens (tertiary/aromatic N) is 3. The quantitative estimate of drug-likeness (QED) is 0.127. The molecule has 11 heteroatoms. The summed E-state index contributed by atoms with van der Waals surface area (Å²) in [6.07, 6.45) is 1.82. The summed E-state index contributed by atoms with van der Waals surface area (Å²) in [5.41, 5.74) is 3.50. The van der Waals surface area contributed by atoms with E-state index in [2.05, 4.69) is 44.6 Å². The third-order valence-corrected chi connectivity index (χ3v) is 10.1. The van der Waals surface area contributed by atoms with E-state index >= 15 is 0 Å². The first-order valence-electron chi connectivity index (χ1n) is 14.6. The number of halogens is 2. The van der Waals surface area contributed by atoms with Crippen LogP contribution in [0, 0.1) is 14.9 Å². The van der Waals surface area contributed by atoms with E-state index in [1.807, 2.05) is 66.7 Å². The van der Waals surface area contributed by atoms with E-state index in [1.54, 1.807) is 37.7 Å². The van der Waals surface area contributed by atoms with Gasteiger partial charge in [0, 0.05) is 5.56 Å². The Morgan fingerprint density at radius 3 is 2.62 bits per heavy atom. The molecule has 0 fully saturated rings. The number of carbonyl (C=O) groups is 1. The number of esters is 1. The van der Waals surface area contributed by atoms with E-state index in [1.165, 1.54) is 11.3 Å². The smallest absolute Gasteiger partial charge is 0.338 e. The fraction of sp³-hybridized carbons (Fsp3) is 0.167. The fourth-order valence-electron chi connectivity index (χ4n) is 5.58. The molecule has 1 atom stereocenters. The number of nitriles is 1. The molecule has 47 heavy (non-hydrogen) atoms. The second-order valence-electron chi connectivity index (χ2n) is 10.6. The fourth-order valence-corrected chi connectivity index (χ4v) is 8.40. The Hall–Kier alpha value is -4.25. The molecule has 1 aliphatic rings. The Bertz CT molecular complexity index is 2280. The third-order valence-electron chi connectivity index (χ3n) is 7.73. The highest BCUT2D eigenvalue weighted by atomic mass is 127. The highest BCUT2D eigenvalue weighted by Gasteiger charge is 2.36. The van der Waals surface area contributed by atoms with Crippen LogP contribution in [0.5, 0.6) is 11.5 Å². The van der Waals surface area contributed by atoms with E-state index in [-0.39, 0.29) is 12.2 Å². The number of carbonyl (C=O) groups excluding carboxylic acids is 1. The van der Waals surface area contributed by atoms with Crippen molar-refractivity contribution in [2.75, 3.05) is 13.7 Å². The number of fused-ring (bicyclic) bond motifs is 2. The lowest BCUT2D eigenvalue weighted by Crippen LogP contribution is -2.40. The van der Waals surface area contributed by atoms with E-state index in [4.69, 9.17) is 24.5 Å². The van der Waals surface area contributed by atoms with E-state index in [9.17, 15) is 9.59 Å². The summed E-state index contributed by atoms with van der Waals surface area (Å²) in [7, 11) is 1.58. The van der Waals surface area contributed by atoms with Crippen LogP contribution in [0.25, 0.3) is 16.8 Å². The second-order valence-corrected chi connectivity index (χ2v) is 13.6. The van der Waals surface area contributed by atoms with Crippen molar-refractivity contribution in [3.05, 3.63) is 134 Å². The molecule has 2 heterocycles. The van der Waals surface area contributed by atoms with Gasteiger partial charge in [-0.25, -0.2) is 9.79 Å². The van der Waals surface area contributed by atoms with E-state index in [0.717, 1.165) is 29.9 Å². The maximum absolute atomic E-state index is 14.3. The largest absolute Gasteiger partial charge is 0.496 e. The molecule has 0 saturated carbocycles. The minimum atomic E-state index is -0.821. The topological polar surface area (TPSA) is 103 Å². The number of hydrogen-bond acceptors (Lipinski definition) is 8. The summed E-state index contributed by atoms with van der Waals surface area (Å²) >= 11 is 7.12. The summed E-state index contributed by atoms with van der Waals surface area (Å²) in [4.78, 5) is 33.0. The zero-order valence-electron chi connectivity index (χ0n) is 25.5. The number of ether oxygens (including phenoxy) is 3. The Morgan fingerprint density at radius 2 is 1.91 bits per heavy atom. The first kappa shape index (κ1) is 32.7. The van der Waals surface area contributed by atoms with Crippen LogP contribution in [0.3, 0.4) is 0 Å². The average molecular weight is 821 g/mol. The van der Waals surface area contributed by atoms with Crippen LogP contribution >= 0.6 is 49.9 Å². The normalized spacial score (nSPS) is 14.4. The molecule has 4 aromatic carbocycles. The minimum absolute atomic E-state index is 0.181. The molecule has 236 valence electrons. The molecule has 0 amide bonds. The lowest BCUT2D eigenvalue weighted by Gasteiger charge is -2.27. The highest BCUT2D eigenvalue weighted by molar-refractivity contribution is 14.1. The van der Waals surface area contributed by atoms with Crippen LogP contribution in [0.4, 0.5) is 0 Å². The predicted octanol–water partition coefficient (Wildman–Crippen LogP) is 6.78.